The maximum absolute atomic E-state index is 13.5. The summed E-state index contributed by atoms with van der Waals surface area (Å²) < 4.78 is 32.5. The minimum Gasteiger partial charge on any atom is -0.370 e. The number of likely N-dealkylation sites (tertiary alicyclic amines) is 1. The molecule has 2 heterocycles. The first-order chi connectivity index (χ1) is 13.2. The fourth-order valence-corrected chi connectivity index (χ4v) is 3.34. The predicted octanol–water partition coefficient (Wildman–Crippen LogP) is 3.54. The molecule has 1 fully saturated rings. The summed E-state index contributed by atoms with van der Waals surface area (Å²) in [6.45, 7) is 2.83. The van der Waals surface area contributed by atoms with Crippen molar-refractivity contribution in [3.63, 3.8) is 0 Å². The maximum Gasteiger partial charge on any atom is 0.123 e. The van der Waals surface area contributed by atoms with E-state index in [4.69, 9.17) is 4.74 Å². The molecule has 140 valence electrons. The molecule has 27 heavy (non-hydrogen) atoms. The number of benzene rings is 2. The molecule has 5 nitrogen and oxygen atoms in total. The van der Waals surface area contributed by atoms with Crippen LogP contribution >= 0.6 is 0 Å². The molecule has 1 atom stereocenters. The summed E-state index contributed by atoms with van der Waals surface area (Å²) in [7, 11) is 0. The molecule has 1 saturated heterocycles. The Hall–Kier alpha value is -2.64. The van der Waals surface area contributed by atoms with Crippen molar-refractivity contribution in [1.82, 2.24) is 20.3 Å². The molecule has 1 unspecified atom stereocenters. The highest BCUT2D eigenvalue weighted by Crippen LogP contribution is 2.23. The van der Waals surface area contributed by atoms with E-state index in [1.54, 1.807) is 12.1 Å². The van der Waals surface area contributed by atoms with E-state index in [2.05, 4.69) is 20.3 Å². The van der Waals surface area contributed by atoms with Gasteiger partial charge in [0.15, 0.2) is 0 Å². The number of rotatable bonds is 6. The standard InChI is InChI=1S/C20H20F2N4O/c21-16-6-4-14(5-7-16)11-26-9-8-18(12-26)27-13-19-20(24-25-23-19)15-2-1-3-17(22)10-15/h1-7,10,18H,8-9,11-13H2,(H,23,24,25). The van der Waals surface area contributed by atoms with Crippen LogP contribution in [0, 0.1) is 11.6 Å². The second-order valence-electron chi connectivity index (χ2n) is 6.71. The van der Waals surface area contributed by atoms with Gasteiger partial charge in [0.05, 0.1) is 12.7 Å². The van der Waals surface area contributed by atoms with Gasteiger partial charge in [0.1, 0.15) is 23.0 Å². The van der Waals surface area contributed by atoms with Crippen molar-refractivity contribution >= 4 is 0 Å². The molecule has 2 aromatic carbocycles. The maximum atomic E-state index is 13.5. The number of hydrogen-bond acceptors (Lipinski definition) is 4. The Balaban J connectivity index is 1.33. The quantitative estimate of drug-likeness (QED) is 0.721. The van der Waals surface area contributed by atoms with Gasteiger partial charge in [-0.15, -0.1) is 0 Å². The SMILES string of the molecule is Fc1ccc(CN2CCC(OCc3n[nH]nc3-c3cccc(F)c3)C2)cc1. The van der Waals surface area contributed by atoms with Crippen LogP contribution in [-0.2, 0) is 17.9 Å². The van der Waals surface area contributed by atoms with Crippen LogP contribution in [0.4, 0.5) is 8.78 Å². The van der Waals surface area contributed by atoms with Crippen molar-refractivity contribution < 1.29 is 13.5 Å². The fourth-order valence-electron chi connectivity index (χ4n) is 3.34. The van der Waals surface area contributed by atoms with Crippen LogP contribution in [0.25, 0.3) is 11.3 Å². The van der Waals surface area contributed by atoms with Crippen LogP contribution in [0.15, 0.2) is 48.5 Å². The van der Waals surface area contributed by atoms with E-state index < -0.39 is 0 Å². The van der Waals surface area contributed by atoms with Crippen molar-refractivity contribution in [2.24, 2.45) is 0 Å². The van der Waals surface area contributed by atoms with Crippen LogP contribution in [0.2, 0.25) is 0 Å². The number of aromatic amines is 1. The molecular weight excluding hydrogens is 350 g/mol. The third-order valence-electron chi connectivity index (χ3n) is 4.72. The zero-order valence-corrected chi connectivity index (χ0v) is 14.7. The average Bonchev–Trinajstić information content (AvgIpc) is 3.31. The van der Waals surface area contributed by atoms with Crippen molar-refractivity contribution in [3.05, 3.63) is 71.4 Å². The lowest BCUT2D eigenvalue weighted by Crippen LogP contribution is -2.23. The summed E-state index contributed by atoms with van der Waals surface area (Å²) in [6.07, 6.45) is 1.02. The molecule has 1 aliphatic rings. The van der Waals surface area contributed by atoms with Gasteiger partial charge in [-0.25, -0.2) is 8.78 Å². The zero-order valence-electron chi connectivity index (χ0n) is 14.7. The summed E-state index contributed by atoms with van der Waals surface area (Å²) in [5.74, 6) is -0.530. The third-order valence-corrected chi connectivity index (χ3v) is 4.72. The monoisotopic (exact) mass is 370 g/mol. The molecule has 0 aliphatic carbocycles. The topological polar surface area (TPSA) is 54.0 Å². The Morgan fingerprint density at radius 1 is 1.07 bits per heavy atom. The van der Waals surface area contributed by atoms with E-state index in [0.29, 0.717) is 23.6 Å². The van der Waals surface area contributed by atoms with Crippen molar-refractivity contribution in [2.75, 3.05) is 13.1 Å². The van der Waals surface area contributed by atoms with Crippen molar-refractivity contribution in [3.8, 4) is 11.3 Å². The molecule has 0 bridgehead atoms. The second-order valence-corrected chi connectivity index (χ2v) is 6.71. The van der Waals surface area contributed by atoms with Gasteiger partial charge in [0.25, 0.3) is 0 Å². The lowest BCUT2D eigenvalue weighted by molar-refractivity contribution is 0.0445. The summed E-state index contributed by atoms with van der Waals surface area (Å²) in [6, 6.07) is 12.9. The number of aromatic nitrogens is 3. The highest BCUT2D eigenvalue weighted by Gasteiger charge is 2.24. The molecule has 1 N–H and O–H groups in total. The highest BCUT2D eigenvalue weighted by atomic mass is 19.1. The van der Waals surface area contributed by atoms with Crippen molar-refractivity contribution in [2.45, 2.75) is 25.7 Å². The number of nitrogens with one attached hydrogen (secondary N) is 1. The van der Waals surface area contributed by atoms with Gasteiger partial charge in [-0.2, -0.15) is 15.4 Å². The Morgan fingerprint density at radius 3 is 2.74 bits per heavy atom. The Bertz CT molecular complexity index is 897. The van der Waals surface area contributed by atoms with Gasteiger partial charge in [-0.3, -0.25) is 4.90 Å². The van der Waals surface area contributed by atoms with E-state index in [9.17, 15) is 8.78 Å². The van der Waals surface area contributed by atoms with E-state index in [1.165, 1.54) is 24.3 Å². The first-order valence-electron chi connectivity index (χ1n) is 8.91. The van der Waals surface area contributed by atoms with Gasteiger partial charge < -0.3 is 4.74 Å². The molecule has 3 aromatic rings. The Labute approximate surface area is 156 Å². The molecular formula is C20H20F2N4O. The summed E-state index contributed by atoms with van der Waals surface area (Å²) in [4.78, 5) is 2.29. The summed E-state index contributed by atoms with van der Waals surface area (Å²) >= 11 is 0. The van der Waals surface area contributed by atoms with Crippen LogP contribution in [0.5, 0.6) is 0 Å². The third kappa shape index (κ3) is 4.37. The minimum absolute atomic E-state index is 0.0995. The second kappa shape index (κ2) is 7.94. The van der Waals surface area contributed by atoms with E-state index in [-0.39, 0.29) is 17.7 Å². The van der Waals surface area contributed by atoms with Crippen LogP contribution in [-0.4, -0.2) is 39.5 Å². The average molecular weight is 370 g/mol. The van der Waals surface area contributed by atoms with E-state index >= 15 is 0 Å². The van der Waals surface area contributed by atoms with Gasteiger partial charge in [0.2, 0.25) is 0 Å². The minimum atomic E-state index is -0.311. The first kappa shape index (κ1) is 17.8. The lowest BCUT2D eigenvalue weighted by Gasteiger charge is -2.16. The molecule has 0 radical (unpaired) electrons. The predicted molar refractivity (Wildman–Crippen MR) is 96.6 cm³/mol. The summed E-state index contributed by atoms with van der Waals surface area (Å²) in [5, 5.41) is 10.9. The molecule has 1 aliphatic heterocycles. The molecule has 0 spiro atoms. The Morgan fingerprint density at radius 2 is 1.93 bits per heavy atom. The van der Waals surface area contributed by atoms with E-state index in [1.807, 2.05) is 12.1 Å². The number of hydrogen-bond donors (Lipinski definition) is 1. The molecule has 7 heteroatoms. The number of halogens is 2. The zero-order chi connectivity index (χ0) is 18.6. The lowest BCUT2D eigenvalue weighted by atomic mass is 10.1. The van der Waals surface area contributed by atoms with Crippen LogP contribution in [0.3, 0.4) is 0 Å². The smallest absolute Gasteiger partial charge is 0.123 e. The highest BCUT2D eigenvalue weighted by molar-refractivity contribution is 5.60. The Kier molecular flexibility index (Phi) is 5.22. The number of nitrogens with zero attached hydrogens (tertiary/aromatic N) is 3. The molecule has 0 saturated carbocycles. The van der Waals surface area contributed by atoms with Gasteiger partial charge in [-0.05, 0) is 36.2 Å². The van der Waals surface area contributed by atoms with Gasteiger partial charge in [-0.1, -0.05) is 24.3 Å². The first-order valence-corrected chi connectivity index (χ1v) is 8.91. The number of H-pyrrole nitrogens is 1. The van der Waals surface area contributed by atoms with Crippen LogP contribution < -0.4 is 0 Å². The van der Waals surface area contributed by atoms with E-state index in [0.717, 1.165) is 31.6 Å². The van der Waals surface area contributed by atoms with Crippen molar-refractivity contribution in [1.29, 1.82) is 0 Å². The largest absolute Gasteiger partial charge is 0.370 e. The fraction of sp³-hybridized carbons (Fsp3) is 0.300. The van der Waals surface area contributed by atoms with Gasteiger partial charge >= 0.3 is 0 Å². The molecule has 4 rings (SSSR count). The van der Waals surface area contributed by atoms with Gasteiger partial charge in [0, 0.05) is 25.2 Å². The molecule has 1 aromatic heterocycles. The number of ether oxygens (including phenoxy) is 1. The normalized spacial score (nSPS) is 17.5. The molecule has 0 amide bonds. The van der Waals surface area contributed by atoms with Crippen LogP contribution in [0.1, 0.15) is 17.7 Å². The summed E-state index contributed by atoms with van der Waals surface area (Å²) in [5.41, 5.74) is 3.03.